The molecule has 80 valence electrons. The first-order valence-corrected chi connectivity index (χ1v) is 6.76. The van der Waals surface area contributed by atoms with E-state index < -0.39 is 0 Å². The highest BCUT2D eigenvalue weighted by molar-refractivity contribution is 8.01. The zero-order chi connectivity index (χ0) is 10.7. The Bertz CT molecular complexity index is 406. The van der Waals surface area contributed by atoms with Gasteiger partial charge in [-0.15, -0.1) is 0 Å². The molecule has 0 fully saturated rings. The molecule has 1 aromatic heterocycles. The lowest BCUT2D eigenvalue weighted by Gasteiger charge is -2.06. The SMILES string of the molecule is CCC(C)SNc1nc2ccccc2s1. The number of rotatable bonds is 4. The van der Waals surface area contributed by atoms with Crippen molar-refractivity contribution >= 4 is 38.6 Å². The number of anilines is 1. The van der Waals surface area contributed by atoms with Crippen LogP contribution in [0.15, 0.2) is 24.3 Å². The number of nitrogens with zero attached hydrogens (tertiary/aromatic N) is 1. The average Bonchev–Trinajstić information content (AvgIpc) is 2.68. The van der Waals surface area contributed by atoms with Gasteiger partial charge in [0, 0.05) is 5.25 Å². The number of benzene rings is 1. The zero-order valence-corrected chi connectivity index (χ0v) is 10.5. The molecule has 2 nitrogen and oxygen atoms in total. The highest BCUT2D eigenvalue weighted by Gasteiger charge is 2.04. The summed E-state index contributed by atoms with van der Waals surface area (Å²) in [5.41, 5.74) is 1.08. The third kappa shape index (κ3) is 2.63. The molecule has 0 radical (unpaired) electrons. The van der Waals surface area contributed by atoms with Gasteiger partial charge in [0.2, 0.25) is 0 Å². The van der Waals surface area contributed by atoms with E-state index in [2.05, 4.69) is 29.6 Å². The van der Waals surface area contributed by atoms with Crippen molar-refractivity contribution in [2.75, 3.05) is 4.72 Å². The highest BCUT2D eigenvalue weighted by atomic mass is 32.2. The van der Waals surface area contributed by atoms with Gasteiger partial charge in [-0.25, -0.2) is 4.98 Å². The van der Waals surface area contributed by atoms with Crippen LogP contribution in [0.4, 0.5) is 5.13 Å². The number of aromatic nitrogens is 1. The maximum absolute atomic E-state index is 4.51. The summed E-state index contributed by atoms with van der Waals surface area (Å²) < 4.78 is 4.55. The van der Waals surface area contributed by atoms with Crippen LogP contribution in [-0.4, -0.2) is 10.2 Å². The van der Waals surface area contributed by atoms with Gasteiger partial charge >= 0.3 is 0 Å². The van der Waals surface area contributed by atoms with Crippen molar-refractivity contribution < 1.29 is 0 Å². The smallest absolute Gasteiger partial charge is 0.193 e. The molecule has 0 aliphatic heterocycles. The molecular weight excluding hydrogens is 224 g/mol. The molecule has 1 N–H and O–H groups in total. The molecule has 0 aliphatic carbocycles. The minimum absolute atomic E-state index is 0.622. The van der Waals surface area contributed by atoms with E-state index in [4.69, 9.17) is 0 Å². The Kier molecular flexibility index (Phi) is 3.49. The van der Waals surface area contributed by atoms with E-state index in [1.807, 2.05) is 18.2 Å². The van der Waals surface area contributed by atoms with E-state index >= 15 is 0 Å². The molecule has 0 spiro atoms. The largest absolute Gasteiger partial charge is 0.305 e. The predicted octanol–water partition coefficient (Wildman–Crippen LogP) is 4.15. The molecule has 4 heteroatoms. The Morgan fingerprint density at radius 2 is 2.27 bits per heavy atom. The standard InChI is InChI=1S/C11H14N2S2/c1-3-8(2)15-13-11-12-9-6-4-5-7-10(9)14-11/h4-8H,3H2,1-2H3,(H,12,13). The van der Waals surface area contributed by atoms with Gasteiger partial charge in [-0.1, -0.05) is 37.3 Å². The van der Waals surface area contributed by atoms with Crippen molar-refractivity contribution in [3.05, 3.63) is 24.3 Å². The lowest BCUT2D eigenvalue weighted by Crippen LogP contribution is -1.97. The number of hydrogen-bond acceptors (Lipinski definition) is 4. The number of fused-ring (bicyclic) bond motifs is 1. The quantitative estimate of drug-likeness (QED) is 0.810. The van der Waals surface area contributed by atoms with Crippen LogP contribution in [0.1, 0.15) is 20.3 Å². The van der Waals surface area contributed by atoms with E-state index in [0.717, 1.165) is 10.6 Å². The van der Waals surface area contributed by atoms with Crippen molar-refractivity contribution in [1.82, 2.24) is 4.98 Å². The van der Waals surface area contributed by atoms with Gasteiger partial charge in [-0.2, -0.15) is 0 Å². The summed E-state index contributed by atoms with van der Waals surface area (Å²) in [7, 11) is 0. The molecule has 2 aromatic rings. The molecule has 0 saturated carbocycles. The Labute approximate surface area is 98.2 Å². The maximum Gasteiger partial charge on any atom is 0.193 e. The Morgan fingerprint density at radius 1 is 1.47 bits per heavy atom. The molecule has 0 aliphatic rings. The van der Waals surface area contributed by atoms with Crippen molar-refractivity contribution in [1.29, 1.82) is 0 Å². The van der Waals surface area contributed by atoms with E-state index in [-0.39, 0.29) is 0 Å². The van der Waals surface area contributed by atoms with Crippen LogP contribution in [0, 0.1) is 0 Å². The summed E-state index contributed by atoms with van der Waals surface area (Å²) in [5.74, 6) is 0. The van der Waals surface area contributed by atoms with Gasteiger partial charge in [-0.05, 0) is 30.5 Å². The molecule has 1 heterocycles. The normalized spacial score (nSPS) is 12.9. The molecule has 0 saturated heterocycles. The van der Waals surface area contributed by atoms with Crippen LogP contribution in [-0.2, 0) is 0 Å². The molecule has 0 amide bonds. The second-order valence-corrected chi connectivity index (χ2v) is 5.70. The van der Waals surface area contributed by atoms with Crippen molar-refractivity contribution in [3.63, 3.8) is 0 Å². The van der Waals surface area contributed by atoms with E-state index in [0.29, 0.717) is 5.25 Å². The first kappa shape index (κ1) is 10.8. The number of thiazole rings is 1. The second kappa shape index (κ2) is 4.86. The van der Waals surface area contributed by atoms with Gasteiger partial charge in [0.15, 0.2) is 5.13 Å². The number of hydrogen-bond donors (Lipinski definition) is 1. The molecule has 1 unspecified atom stereocenters. The minimum atomic E-state index is 0.622. The van der Waals surface area contributed by atoms with Crippen molar-refractivity contribution in [2.45, 2.75) is 25.5 Å². The first-order valence-electron chi connectivity index (χ1n) is 5.07. The van der Waals surface area contributed by atoms with Crippen LogP contribution in [0.25, 0.3) is 10.2 Å². The first-order chi connectivity index (χ1) is 7.29. The Hall–Kier alpha value is -0.740. The summed E-state index contributed by atoms with van der Waals surface area (Å²) in [6, 6.07) is 8.22. The van der Waals surface area contributed by atoms with Crippen LogP contribution in [0.2, 0.25) is 0 Å². The van der Waals surface area contributed by atoms with Crippen LogP contribution < -0.4 is 4.72 Å². The molecule has 1 aromatic carbocycles. The molecule has 15 heavy (non-hydrogen) atoms. The van der Waals surface area contributed by atoms with E-state index in [9.17, 15) is 0 Å². The Balaban J connectivity index is 2.09. The summed E-state index contributed by atoms with van der Waals surface area (Å²) in [5, 5.41) is 1.62. The summed E-state index contributed by atoms with van der Waals surface area (Å²) in [6.07, 6.45) is 1.17. The van der Waals surface area contributed by atoms with E-state index in [1.165, 1.54) is 11.1 Å². The van der Waals surface area contributed by atoms with E-state index in [1.54, 1.807) is 23.3 Å². The Morgan fingerprint density at radius 3 is 3.00 bits per heavy atom. The van der Waals surface area contributed by atoms with Crippen LogP contribution >= 0.6 is 23.3 Å². The van der Waals surface area contributed by atoms with Crippen molar-refractivity contribution in [2.24, 2.45) is 0 Å². The lowest BCUT2D eigenvalue weighted by atomic mass is 10.3. The summed E-state index contributed by atoms with van der Waals surface area (Å²) in [6.45, 7) is 4.41. The molecule has 1 atom stereocenters. The second-order valence-electron chi connectivity index (χ2n) is 3.43. The molecule has 0 bridgehead atoms. The maximum atomic E-state index is 4.51. The number of para-hydroxylation sites is 1. The number of nitrogens with one attached hydrogen (secondary N) is 1. The molecular formula is C11H14N2S2. The topological polar surface area (TPSA) is 24.9 Å². The minimum Gasteiger partial charge on any atom is -0.305 e. The lowest BCUT2D eigenvalue weighted by molar-refractivity contribution is 0.908. The zero-order valence-electron chi connectivity index (χ0n) is 8.86. The fourth-order valence-electron chi connectivity index (χ4n) is 1.15. The summed E-state index contributed by atoms with van der Waals surface area (Å²) in [4.78, 5) is 4.51. The third-order valence-corrected chi connectivity index (χ3v) is 4.34. The third-order valence-electron chi connectivity index (χ3n) is 2.22. The van der Waals surface area contributed by atoms with Gasteiger partial charge in [0.1, 0.15) is 0 Å². The monoisotopic (exact) mass is 238 g/mol. The van der Waals surface area contributed by atoms with Crippen LogP contribution in [0.3, 0.4) is 0 Å². The fourth-order valence-corrected chi connectivity index (χ4v) is 2.69. The van der Waals surface area contributed by atoms with Gasteiger partial charge in [0.25, 0.3) is 0 Å². The van der Waals surface area contributed by atoms with Gasteiger partial charge < -0.3 is 4.72 Å². The van der Waals surface area contributed by atoms with Crippen molar-refractivity contribution in [3.8, 4) is 0 Å². The highest BCUT2D eigenvalue weighted by Crippen LogP contribution is 2.28. The summed E-state index contributed by atoms with van der Waals surface area (Å²) >= 11 is 3.45. The van der Waals surface area contributed by atoms with Crippen LogP contribution in [0.5, 0.6) is 0 Å². The fraction of sp³-hybridized carbons (Fsp3) is 0.364. The van der Waals surface area contributed by atoms with Gasteiger partial charge in [0.05, 0.1) is 10.2 Å². The average molecular weight is 238 g/mol. The van der Waals surface area contributed by atoms with Gasteiger partial charge in [-0.3, -0.25) is 0 Å². The molecule has 2 rings (SSSR count). The predicted molar refractivity (Wildman–Crippen MR) is 70.6 cm³/mol.